The molecule has 0 aliphatic carbocycles. The highest BCUT2D eigenvalue weighted by Gasteiger charge is 2.38. The molecule has 0 saturated heterocycles. The molecule has 5 aromatic rings. The molecular weight excluding hydrogens is 428 g/mol. The highest BCUT2D eigenvalue weighted by Crippen LogP contribution is 2.35. The number of aromatic amines is 1. The smallest absolute Gasteiger partial charge is 0.301 e. The number of hydrogen-bond donors (Lipinski definition) is 2. The predicted molar refractivity (Wildman–Crippen MR) is 128 cm³/mol. The second kappa shape index (κ2) is 8.04. The third-order valence-corrected chi connectivity index (χ3v) is 6.17. The Labute approximate surface area is 195 Å². The second-order valence-electron chi connectivity index (χ2n) is 8.22. The molecule has 0 bridgehead atoms. The maximum Gasteiger partial charge on any atom is 0.301 e. The average molecular weight is 448 g/mol. The largest absolute Gasteiger partial charge is 0.432 e. The molecule has 34 heavy (non-hydrogen) atoms. The zero-order chi connectivity index (χ0) is 23.1. The van der Waals surface area contributed by atoms with Crippen LogP contribution in [-0.2, 0) is 11.3 Å². The van der Waals surface area contributed by atoms with Gasteiger partial charge in [-0.1, -0.05) is 48.5 Å². The van der Waals surface area contributed by atoms with Crippen molar-refractivity contribution in [3.05, 3.63) is 108 Å². The van der Waals surface area contributed by atoms with Gasteiger partial charge in [-0.25, -0.2) is 4.98 Å². The number of nitrogens with zero attached hydrogens (tertiary/aromatic N) is 2. The Bertz CT molecular complexity index is 1510. The van der Waals surface area contributed by atoms with Crippen LogP contribution in [0.2, 0.25) is 0 Å². The number of H-pyrrole nitrogens is 1. The van der Waals surface area contributed by atoms with Crippen LogP contribution in [0.5, 0.6) is 0 Å². The van der Waals surface area contributed by atoms with E-state index in [9.17, 15) is 9.59 Å². The van der Waals surface area contributed by atoms with Gasteiger partial charge in [0.05, 0.1) is 6.20 Å². The van der Waals surface area contributed by atoms with Gasteiger partial charge in [0.1, 0.15) is 12.3 Å². The first-order valence-electron chi connectivity index (χ1n) is 10.9. The van der Waals surface area contributed by atoms with Gasteiger partial charge in [-0.2, -0.15) is 0 Å². The Balaban J connectivity index is 1.35. The van der Waals surface area contributed by atoms with E-state index < -0.39 is 6.04 Å². The van der Waals surface area contributed by atoms with Crippen molar-refractivity contribution in [1.82, 2.24) is 14.9 Å². The maximum absolute atomic E-state index is 13.6. The molecule has 0 saturated carbocycles. The first-order chi connectivity index (χ1) is 16.7. The Morgan fingerprint density at radius 2 is 1.85 bits per heavy atom. The number of carbonyl (C=O) groups excluding carboxylic acids is 2. The minimum Gasteiger partial charge on any atom is -0.432 e. The number of anilines is 1. The molecule has 0 fully saturated rings. The SMILES string of the molecule is O=C(Nc1ncco1)[C@@H](c1ccccc1)N1Cc2ccc(-c3ccc4[nH]ccc4c3)cc2C1=O. The van der Waals surface area contributed by atoms with Crippen molar-refractivity contribution in [3.8, 4) is 11.1 Å². The number of carbonyl (C=O) groups is 2. The molecule has 0 spiro atoms. The van der Waals surface area contributed by atoms with Crippen molar-refractivity contribution in [3.63, 3.8) is 0 Å². The Morgan fingerprint density at radius 3 is 2.68 bits per heavy atom. The van der Waals surface area contributed by atoms with Crippen LogP contribution in [0.3, 0.4) is 0 Å². The fraction of sp³-hybridized carbons (Fsp3) is 0.0741. The van der Waals surface area contributed by atoms with Gasteiger partial charge >= 0.3 is 6.01 Å². The number of amides is 2. The van der Waals surface area contributed by atoms with Gasteiger partial charge in [0.15, 0.2) is 0 Å². The van der Waals surface area contributed by atoms with Crippen LogP contribution in [0, 0.1) is 0 Å². The van der Waals surface area contributed by atoms with Crippen molar-refractivity contribution >= 4 is 28.7 Å². The molecule has 1 aliphatic heterocycles. The Hall–Kier alpha value is -4.65. The van der Waals surface area contributed by atoms with E-state index in [1.807, 2.05) is 72.9 Å². The number of fused-ring (bicyclic) bond motifs is 2. The number of benzene rings is 3. The summed E-state index contributed by atoms with van der Waals surface area (Å²) in [6.45, 7) is 0.337. The van der Waals surface area contributed by atoms with Gasteiger partial charge in [-0.3, -0.25) is 14.9 Å². The van der Waals surface area contributed by atoms with Crippen LogP contribution in [-0.4, -0.2) is 26.7 Å². The molecule has 2 N–H and O–H groups in total. The van der Waals surface area contributed by atoms with Crippen LogP contribution >= 0.6 is 0 Å². The van der Waals surface area contributed by atoms with E-state index in [1.54, 1.807) is 4.90 Å². The lowest BCUT2D eigenvalue weighted by Gasteiger charge is -2.26. The number of rotatable bonds is 5. The Kier molecular flexibility index (Phi) is 4.73. The molecule has 3 aromatic carbocycles. The minimum absolute atomic E-state index is 0.0949. The second-order valence-corrected chi connectivity index (χ2v) is 8.22. The molecular formula is C27H20N4O3. The van der Waals surface area contributed by atoms with Gasteiger partial charge in [0.2, 0.25) is 0 Å². The molecule has 1 atom stereocenters. The Morgan fingerprint density at radius 1 is 1.03 bits per heavy atom. The first-order valence-corrected chi connectivity index (χ1v) is 10.9. The number of nitrogens with one attached hydrogen (secondary N) is 2. The van der Waals surface area contributed by atoms with Crippen molar-refractivity contribution in [2.75, 3.05) is 5.32 Å². The quantitative estimate of drug-likeness (QED) is 0.389. The summed E-state index contributed by atoms with van der Waals surface area (Å²) in [4.78, 5) is 35.6. The van der Waals surface area contributed by atoms with E-state index in [1.165, 1.54) is 12.5 Å². The standard InChI is InChI=1S/C27H20N4O3/c32-25(30-27-29-12-13-34-27)24(17-4-2-1-3-5-17)31-16-21-7-6-19(15-22(21)26(31)33)18-8-9-23-20(14-18)10-11-28-23/h1-15,24,28H,16H2,(H,29,30,32)/t24-/m1/s1. The van der Waals surface area contributed by atoms with Gasteiger partial charge in [0.25, 0.3) is 11.8 Å². The van der Waals surface area contributed by atoms with Crippen molar-refractivity contribution in [2.45, 2.75) is 12.6 Å². The summed E-state index contributed by atoms with van der Waals surface area (Å²) in [5.74, 6) is -0.566. The molecule has 6 rings (SSSR count). The van der Waals surface area contributed by atoms with E-state index in [4.69, 9.17) is 4.42 Å². The molecule has 1 aliphatic rings. The maximum atomic E-state index is 13.6. The van der Waals surface area contributed by atoms with Crippen LogP contribution in [0.1, 0.15) is 27.5 Å². The van der Waals surface area contributed by atoms with E-state index >= 15 is 0 Å². The summed E-state index contributed by atoms with van der Waals surface area (Å²) in [5.41, 5.74) is 5.26. The summed E-state index contributed by atoms with van der Waals surface area (Å²) in [6.07, 6.45) is 4.75. The minimum atomic E-state index is -0.826. The van der Waals surface area contributed by atoms with E-state index in [0.717, 1.165) is 27.6 Å². The van der Waals surface area contributed by atoms with Gasteiger partial charge in [-0.15, -0.1) is 0 Å². The molecule has 7 nitrogen and oxygen atoms in total. The lowest BCUT2D eigenvalue weighted by atomic mass is 9.99. The molecule has 0 unspecified atom stereocenters. The van der Waals surface area contributed by atoms with E-state index in [0.29, 0.717) is 17.7 Å². The number of hydrogen-bond acceptors (Lipinski definition) is 4. The normalized spacial score (nSPS) is 13.8. The summed E-state index contributed by atoms with van der Waals surface area (Å²) in [6, 6.07) is 22.6. The van der Waals surface area contributed by atoms with E-state index in [2.05, 4.69) is 21.4 Å². The van der Waals surface area contributed by atoms with Gasteiger partial charge < -0.3 is 14.3 Å². The van der Waals surface area contributed by atoms with Crippen molar-refractivity contribution in [1.29, 1.82) is 0 Å². The molecule has 3 heterocycles. The summed E-state index contributed by atoms with van der Waals surface area (Å²) in [7, 11) is 0. The third kappa shape index (κ3) is 3.44. The molecule has 7 heteroatoms. The lowest BCUT2D eigenvalue weighted by Crippen LogP contribution is -2.37. The van der Waals surface area contributed by atoms with Crippen LogP contribution in [0.15, 0.2) is 95.9 Å². The number of aromatic nitrogens is 2. The summed E-state index contributed by atoms with van der Waals surface area (Å²) >= 11 is 0. The predicted octanol–water partition coefficient (Wildman–Crippen LogP) is 5.16. The highest BCUT2D eigenvalue weighted by atomic mass is 16.4. The topological polar surface area (TPSA) is 91.2 Å². The zero-order valence-electron chi connectivity index (χ0n) is 18.1. The highest BCUT2D eigenvalue weighted by molar-refractivity contribution is 6.04. The van der Waals surface area contributed by atoms with Gasteiger partial charge in [-0.05, 0) is 51.9 Å². The monoisotopic (exact) mass is 448 g/mol. The number of oxazole rings is 1. The van der Waals surface area contributed by atoms with Crippen LogP contribution in [0.25, 0.3) is 22.0 Å². The third-order valence-electron chi connectivity index (χ3n) is 6.17. The van der Waals surface area contributed by atoms with Gasteiger partial charge in [0, 0.05) is 23.8 Å². The average Bonchev–Trinajstić information content (AvgIpc) is 3.61. The van der Waals surface area contributed by atoms with Crippen LogP contribution in [0.4, 0.5) is 6.01 Å². The first kappa shape index (κ1) is 20.0. The van der Waals surface area contributed by atoms with E-state index in [-0.39, 0.29) is 17.8 Å². The summed E-state index contributed by atoms with van der Waals surface area (Å²) < 4.78 is 5.18. The zero-order valence-corrected chi connectivity index (χ0v) is 18.1. The van der Waals surface area contributed by atoms with Crippen molar-refractivity contribution in [2.24, 2.45) is 0 Å². The lowest BCUT2D eigenvalue weighted by molar-refractivity contribution is -0.121. The fourth-order valence-electron chi connectivity index (χ4n) is 4.51. The van der Waals surface area contributed by atoms with Crippen LogP contribution < -0.4 is 5.32 Å². The molecule has 0 radical (unpaired) electrons. The molecule has 2 aromatic heterocycles. The van der Waals surface area contributed by atoms with Crippen molar-refractivity contribution < 1.29 is 14.0 Å². The molecule has 2 amide bonds. The summed E-state index contributed by atoms with van der Waals surface area (Å²) in [5, 5.41) is 3.79. The fourth-order valence-corrected chi connectivity index (χ4v) is 4.51. The molecule has 166 valence electrons.